The molecule has 0 aliphatic carbocycles. The van der Waals surface area contributed by atoms with Gasteiger partial charge in [-0.15, -0.1) is 0 Å². The minimum atomic E-state index is -0.729. The lowest BCUT2D eigenvalue weighted by Crippen LogP contribution is -2.22. The number of carbonyl (C=O) groups is 3. The number of hydrogen-bond donors (Lipinski definition) is 2. The molecule has 0 unspecified atom stereocenters. The third kappa shape index (κ3) is 7.98. The first-order valence-corrected chi connectivity index (χ1v) is 10.6. The molecule has 0 spiro atoms. The highest BCUT2D eigenvalue weighted by atomic mass is 16.6. The predicted molar refractivity (Wildman–Crippen MR) is 122 cm³/mol. The second kappa shape index (κ2) is 12.1. The Hall–Kier alpha value is -4.33. The Balaban J connectivity index is 1.57. The van der Waals surface area contributed by atoms with E-state index in [1.807, 2.05) is 0 Å². The van der Waals surface area contributed by atoms with Crippen molar-refractivity contribution in [2.24, 2.45) is 0 Å². The molecule has 0 radical (unpaired) electrons. The van der Waals surface area contributed by atoms with Crippen molar-refractivity contribution in [2.75, 3.05) is 0 Å². The summed E-state index contributed by atoms with van der Waals surface area (Å²) in [4.78, 5) is 36.9. The average molecular weight is 464 g/mol. The normalized spacial score (nSPS) is 10.5. The fraction of sp³-hybridized carbons (Fsp3) is 0.192. The van der Waals surface area contributed by atoms with Crippen LogP contribution in [0.2, 0.25) is 0 Å². The minimum Gasteiger partial charge on any atom is -0.508 e. The first kappa shape index (κ1) is 24.3. The van der Waals surface area contributed by atoms with Crippen LogP contribution in [-0.4, -0.2) is 34.2 Å². The molecule has 0 amide bonds. The molecule has 0 aromatic heterocycles. The number of aromatic hydroxyl groups is 2. The molecule has 8 nitrogen and oxygen atoms in total. The van der Waals surface area contributed by atoms with E-state index in [9.17, 15) is 24.6 Å². The zero-order valence-corrected chi connectivity index (χ0v) is 18.3. The topological polar surface area (TPSA) is 119 Å². The summed E-state index contributed by atoms with van der Waals surface area (Å²) in [6.07, 6.45) is -0.557. The Kier molecular flexibility index (Phi) is 8.62. The van der Waals surface area contributed by atoms with Crippen LogP contribution in [0.25, 0.3) is 0 Å². The molecule has 0 atom stereocenters. The van der Waals surface area contributed by atoms with Gasteiger partial charge in [-0.3, -0.25) is 9.59 Å². The van der Waals surface area contributed by atoms with Crippen molar-refractivity contribution >= 4 is 17.9 Å². The molecule has 3 aromatic rings. The van der Waals surface area contributed by atoms with E-state index < -0.39 is 24.0 Å². The van der Waals surface area contributed by atoms with Crippen molar-refractivity contribution in [1.29, 1.82) is 0 Å². The molecule has 0 heterocycles. The Morgan fingerprint density at radius 3 is 1.53 bits per heavy atom. The molecule has 0 saturated carbocycles. The smallest absolute Gasteiger partial charge is 0.338 e. The van der Waals surface area contributed by atoms with Gasteiger partial charge in [-0.2, -0.15) is 0 Å². The second-order valence-corrected chi connectivity index (χ2v) is 7.41. The lowest BCUT2D eigenvalue weighted by molar-refractivity contribution is -0.135. The van der Waals surface area contributed by atoms with Gasteiger partial charge in [0.25, 0.3) is 0 Å². The van der Waals surface area contributed by atoms with Crippen molar-refractivity contribution < 1.29 is 38.8 Å². The third-order valence-electron chi connectivity index (χ3n) is 4.76. The molecule has 2 N–H and O–H groups in total. The maximum atomic E-state index is 12.5. The first-order valence-electron chi connectivity index (χ1n) is 10.6. The van der Waals surface area contributed by atoms with Crippen LogP contribution in [0.3, 0.4) is 0 Å². The zero-order chi connectivity index (χ0) is 24.3. The average Bonchev–Trinajstić information content (AvgIpc) is 2.84. The second-order valence-electron chi connectivity index (χ2n) is 7.41. The van der Waals surface area contributed by atoms with Gasteiger partial charge in [-0.1, -0.05) is 18.2 Å². The number of phenolic OH excluding ortho intramolecular Hbond substituents is 2. The minimum absolute atomic E-state index is 0.0480. The third-order valence-corrected chi connectivity index (χ3v) is 4.76. The Labute approximate surface area is 196 Å². The number of rotatable bonds is 10. The van der Waals surface area contributed by atoms with Crippen LogP contribution in [0.4, 0.5) is 0 Å². The van der Waals surface area contributed by atoms with E-state index in [1.54, 1.807) is 30.3 Å². The molecule has 34 heavy (non-hydrogen) atoms. The number of phenols is 2. The summed E-state index contributed by atoms with van der Waals surface area (Å²) < 4.78 is 16.0. The largest absolute Gasteiger partial charge is 0.508 e. The van der Waals surface area contributed by atoms with Gasteiger partial charge in [0.2, 0.25) is 0 Å². The molecule has 0 saturated heterocycles. The number of benzene rings is 3. The molecule has 8 heteroatoms. The van der Waals surface area contributed by atoms with E-state index in [0.717, 1.165) is 0 Å². The summed E-state index contributed by atoms with van der Waals surface area (Å²) in [6, 6.07) is 19.8. The zero-order valence-electron chi connectivity index (χ0n) is 18.3. The standard InChI is InChI=1S/C26H24O8/c27-19-6-10-21(11-7-19)32-24(29)16-14-23(34-26(31)18-4-2-1-3-5-18)15-17-25(30)33-22-12-8-20(28)9-13-22/h1-13,23,27-28H,14-17H2. The summed E-state index contributed by atoms with van der Waals surface area (Å²) in [5, 5.41) is 18.6. The van der Waals surface area contributed by atoms with Gasteiger partial charge in [-0.25, -0.2) is 4.79 Å². The number of hydrogen-bond acceptors (Lipinski definition) is 8. The van der Waals surface area contributed by atoms with E-state index in [0.29, 0.717) is 5.56 Å². The highest BCUT2D eigenvalue weighted by Gasteiger charge is 2.20. The van der Waals surface area contributed by atoms with Crippen molar-refractivity contribution in [2.45, 2.75) is 31.8 Å². The van der Waals surface area contributed by atoms with Gasteiger partial charge >= 0.3 is 17.9 Å². The molecule has 176 valence electrons. The van der Waals surface area contributed by atoms with Crippen LogP contribution < -0.4 is 9.47 Å². The quantitative estimate of drug-likeness (QED) is 0.335. The maximum Gasteiger partial charge on any atom is 0.338 e. The summed E-state index contributed by atoms with van der Waals surface area (Å²) in [5.41, 5.74) is 0.353. The molecule has 3 aromatic carbocycles. The van der Waals surface area contributed by atoms with Gasteiger partial charge in [0.05, 0.1) is 5.56 Å². The SMILES string of the molecule is O=C(CCC(CCC(=O)Oc1ccc(O)cc1)OC(=O)c1ccccc1)Oc1ccc(O)cc1. The van der Waals surface area contributed by atoms with Crippen LogP contribution in [0.15, 0.2) is 78.9 Å². The predicted octanol–water partition coefficient (Wildman–Crippen LogP) is 4.39. The molecule has 0 bridgehead atoms. The Bertz CT molecular complexity index is 1030. The van der Waals surface area contributed by atoms with Crippen LogP contribution >= 0.6 is 0 Å². The molecule has 0 fully saturated rings. The van der Waals surface area contributed by atoms with Crippen molar-refractivity contribution in [3.63, 3.8) is 0 Å². The van der Waals surface area contributed by atoms with Gasteiger partial charge in [-0.05, 0) is 73.5 Å². The van der Waals surface area contributed by atoms with Gasteiger partial charge in [0.1, 0.15) is 29.1 Å². The number of carbonyl (C=O) groups excluding carboxylic acids is 3. The summed E-state index contributed by atoms with van der Waals surface area (Å²) in [7, 11) is 0. The summed E-state index contributed by atoms with van der Waals surface area (Å²) >= 11 is 0. The molecule has 0 aliphatic heterocycles. The fourth-order valence-electron chi connectivity index (χ4n) is 3.01. The Morgan fingerprint density at radius 1 is 0.647 bits per heavy atom. The van der Waals surface area contributed by atoms with Gasteiger partial charge in [0, 0.05) is 12.8 Å². The monoisotopic (exact) mass is 464 g/mol. The van der Waals surface area contributed by atoms with E-state index in [-0.39, 0.29) is 48.7 Å². The van der Waals surface area contributed by atoms with Crippen molar-refractivity contribution in [1.82, 2.24) is 0 Å². The summed E-state index contributed by atoms with van der Waals surface area (Å²) in [5.74, 6) is -1.00. The van der Waals surface area contributed by atoms with E-state index in [1.165, 1.54) is 48.5 Å². The first-order chi connectivity index (χ1) is 16.4. The lowest BCUT2D eigenvalue weighted by Gasteiger charge is -2.17. The van der Waals surface area contributed by atoms with E-state index >= 15 is 0 Å². The summed E-state index contributed by atoms with van der Waals surface area (Å²) in [6.45, 7) is 0. The van der Waals surface area contributed by atoms with Crippen LogP contribution in [0.5, 0.6) is 23.0 Å². The van der Waals surface area contributed by atoms with Crippen LogP contribution in [-0.2, 0) is 14.3 Å². The molecule has 0 aliphatic rings. The van der Waals surface area contributed by atoms with Crippen molar-refractivity contribution in [3.05, 3.63) is 84.4 Å². The van der Waals surface area contributed by atoms with Gasteiger partial charge < -0.3 is 24.4 Å². The molecule has 3 rings (SSSR count). The van der Waals surface area contributed by atoms with Crippen LogP contribution in [0.1, 0.15) is 36.0 Å². The van der Waals surface area contributed by atoms with Crippen LogP contribution in [0, 0.1) is 0 Å². The lowest BCUT2D eigenvalue weighted by atomic mass is 10.1. The van der Waals surface area contributed by atoms with Crippen molar-refractivity contribution in [3.8, 4) is 23.0 Å². The number of ether oxygens (including phenoxy) is 3. The number of esters is 3. The molecular formula is C26H24O8. The maximum absolute atomic E-state index is 12.5. The molecular weight excluding hydrogens is 440 g/mol. The fourth-order valence-corrected chi connectivity index (χ4v) is 3.01. The van der Waals surface area contributed by atoms with E-state index in [2.05, 4.69) is 0 Å². The van der Waals surface area contributed by atoms with Gasteiger partial charge in [0.15, 0.2) is 0 Å². The highest BCUT2D eigenvalue weighted by Crippen LogP contribution is 2.20. The van der Waals surface area contributed by atoms with E-state index in [4.69, 9.17) is 14.2 Å². The highest BCUT2D eigenvalue weighted by molar-refractivity contribution is 5.89. The Morgan fingerprint density at radius 2 is 1.09 bits per heavy atom.